The van der Waals surface area contributed by atoms with Crippen LogP contribution in [0.4, 0.5) is 0 Å². The van der Waals surface area contributed by atoms with Gasteiger partial charge in [-0.1, -0.05) is 19.8 Å². The van der Waals surface area contributed by atoms with Crippen molar-refractivity contribution in [2.45, 2.75) is 32.2 Å². The second kappa shape index (κ2) is 4.92. The highest BCUT2D eigenvalue weighted by Crippen LogP contribution is 2.39. The summed E-state index contributed by atoms with van der Waals surface area (Å²) in [5, 5.41) is 0. The van der Waals surface area contributed by atoms with Crippen LogP contribution in [-0.4, -0.2) is 13.1 Å². The molecule has 17 heavy (non-hydrogen) atoms. The van der Waals surface area contributed by atoms with Crippen molar-refractivity contribution in [1.29, 1.82) is 0 Å². The van der Waals surface area contributed by atoms with E-state index in [0.29, 0.717) is 17.6 Å². The predicted molar refractivity (Wildman–Crippen MR) is 63.5 cm³/mol. The van der Waals surface area contributed by atoms with Crippen LogP contribution in [0.5, 0.6) is 0 Å². The number of hydrogen-bond donors (Lipinski definition) is 1. The van der Waals surface area contributed by atoms with Crippen molar-refractivity contribution in [3.63, 3.8) is 0 Å². The van der Waals surface area contributed by atoms with Gasteiger partial charge in [-0.3, -0.25) is 0 Å². The van der Waals surface area contributed by atoms with Gasteiger partial charge in [0.15, 0.2) is 0 Å². The van der Waals surface area contributed by atoms with Crippen LogP contribution in [0.3, 0.4) is 0 Å². The minimum atomic E-state index is -0.456. The summed E-state index contributed by atoms with van der Waals surface area (Å²) >= 11 is 0. The van der Waals surface area contributed by atoms with Gasteiger partial charge in [0.2, 0.25) is 5.76 Å². The van der Waals surface area contributed by atoms with Gasteiger partial charge in [-0.2, -0.15) is 0 Å². The summed E-state index contributed by atoms with van der Waals surface area (Å²) in [7, 11) is 1.34. The molecule has 1 aliphatic carbocycles. The van der Waals surface area contributed by atoms with E-state index in [2.05, 4.69) is 11.7 Å². The minimum Gasteiger partial charge on any atom is -0.463 e. The van der Waals surface area contributed by atoms with E-state index in [0.717, 1.165) is 6.42 Å². The lowest BCUT2D eigenvalue weighted by Gasteiger charge is -2.21. The summed E-state index contributed by atoms with van der Waals surface area (Å²) in [6.07, 6.45) is 3.59. The largest absolute Gasteiger partial charge is 0.463 e. The van der Waals surface area contributed by atoms with E-state index in [1.54, 1.807) is 12.1 Å². The van der Waals surface area contributed by atoms with Gasteiger partial charge in [0.05, 0.1) is 13.2 Å². The molecule has 0 radical (unpaired) electrons. The molecule has 0 aliphatic heterocycles. The van der Waals surface area contributed by atoms with E-state index in [-0.39, 0.29) is 11.8 Å². The summed E-state index contributed by atoms with van der Waals surface area (Å²) in [5.41, 5.74) is 6.20. The molecule has 2 rings (SSSR count). The van der Waals surface area contributed by atoms with Crippen molar-refractivity contribution in [3.8, 4) is 0 Å². The Morgan fingerprint density at radius 2 is 2.29 bits per heavy atom. The summed E-state index contributed by atoms with van der Waals surface area (Å²) in [6.45, 7) is 2.22. The Morgan fingerprint density at radius 1 is 1.53 bits per heavy atom. The van der Waals surface area contributed by atoms with Crippen LogP contribution in [0.15, 0.2) is 16.5 Å². The van der Waals surface area contributed by atoms with E-state index >= 15 is 0 Å². The highest BCUT2D eigenvalue weighted by Gasteiger charge is 2.31. The van der Waals surface area contributed by atoms with Crippen molar-refractivity contribution in [1.82, 2.24) is 0 Å². The topological polar surface area (TPSA) is 65.5 Å². The smallest absolute Gasteiger partial charge is 0.373 e. The lowest BCUT2D eigenvalue weighted by atomic mass is 9.89. The first-order valence-corrected chi connectivity index (χ1v) is 6.07. The van der Waals surface area contributed by atoms with E-state index < -0.39 is 5.97 Å². The quantitative estimate of drug-likeness (QED) is 0.820. The van der Waals surface area contributed by atoms with Crippen molar-refractivity contribution in [3.05, 3.63) is 23.7 Å². The van der Waals surface area contributed by atoms with Gasteiger partial charge in [-0.25, -0.2) is 4.79 Å². The molecule has 1 aromatic heterocycles. The summed E-state index contributed by atoms with van der Waals surface area (Å²) in [4.78, 5) is 11.3. The van der Waals surface area contributed by atoms with Gasteiger partial charge in [0.25, 0.3) is 0 Å². The third-order valence-electron chi connectivity index (χ3n) is 3.73. The van der Waals surface area contributed by atoms with Crippen LogP contribution in [0.2, 0.25) is 0 Å². The van der Waals surface area contributed by atoms with E-state index in [9.17, 15) is 4.79 Å². The molecule has 94 valence electrons. The molecule has 1 saturated carbocycles. The Hall–Kier alpha value is -1.29. The molecule has 1 aromatic rings. The fraction of sp³-hybridized carbons (Fsp3) is 0.615. The average molecular weight is 237 g/mol. The second-order valence-electron chi connectivity index (χ2n) is 4.79. The van der Waals surface area contributed by atoms with Crippen LogP contribution in [0, 0.1) is 11.8 Å². The molecular weight excluding hydrogens is 218 g/mol. The molecule has 3 atom stereocenters. The fourth-order valence-electron chi connectivity index (χ4n) is 2.66. The third kappa shape index (κ3) is 2.36. The maximum atomic E-state index is 11.3. The Balaban J connectivity index is 2.11. The van der Waals surface area contributed by atoms with Crippen LogP contribution in [0.25, 0.3) is 0 Å². The standard InChI is InChI=1S/C13H19NO3/c1-8-4-3-5-9(8)12(14)10-6-7-11(17-10)13(15)16-2/h6-9,12H,3-5,14H2,1-2H3. The first kappa shape index (κ1) is 12.2. The molecule has 0 bridgehead atoms. The maximum absolute atomic E-state index is 11.3. The van der Waals surface area contributed by atoms with E-state index in [1.807, 2.05) is 0 Å². The zero-order chi connectivity index (χ0) is 12.4. The zero-order valence-corrected chi connectivity index (χ0v) is 10.3. The predicted octanol–water partition coefficient (Wildman–Crippen LogP) is 2.50. The molecule has 1 heterocycles. The number of methoxy groups -OCH3 is 1. The fourth-order valence-corrected chi connectivity index (χ4v) is 2.66. The van der Waals surface area contributed by atoms with Gasteiger partial charge in [-0.15, -0.1) is 0 Å². The Bertz CT molecular complexity index is 399. The van der Waals surface area contributed by atoms with Crippen LogP contribution >= 0.6 is 0 Å². The Kier molecular flexibility index (Phi) is 3.52. The molecule has 2 N–H and O–H groups in total. The number of esters is 1. The molecule has 1 aliphatic rings. The molecule has 0 spiro atoms. The molecular formula is C13H19NO3. The lowest BCUT2D eigenvalue weighted by molar-refractivity contribution is 0.0561. The normalized spacial score (nSPS) is 25.8. The number of furan rings is 1. The van der Waals surface area contributed by atoms with Crippen molar-refractivity contribution in [2.75, 3.05) is 7.11 Å². The number of carbonyl (C=O) groups is 1. The first-order chi connectivity index (χ1) is 8.13. The second-order valence-corrected chi connectivity index (χ2v) is 4.79. The molecule has 4 nitrogen and oxygen atoms in total. The number of carbonyl (C=O) groups excluding carboxylic acids is 1. The molecule has 0 amide bonds. The van der Waals surface area contributed by atoms with Crippen LogP contribution < -0.4 is 5.73 Å². The number of rotatable bonds is 3. The number of hydrogen-bond acceptors (Lipinski definition) is 4. The monoisotopic (exact) mass is 237 g/mol. The molecule has 1 fully saturated rings. The van der Waals surface area contributed by atoms with Gasteiger partial charge in [0.1, 0.15) is 5.76 Å². The highest BCUT2D eigenvalue weighted by atomic mass is 16.5. The summed E-state index contributed by atoms with van der Waals surface area (Å²) in [6, 6.07) is 3.29. The van der Waals surface area contributed by atoms with Gasteiger partial charge >= 0.3 is 5.97 Å². The number of nitrogens with two attached hydrogens (primary N) is 1. The molecule has 4 heteroatoms. The zero-order valence-electron chi connectivity index (χ0n) is 10.3. The Labute approximate surface area is 101 Å². The average Bonchev–Trinajstić information content (AvgIpc) is 2.95. The highest BCUT2D eigenvalue weighted by molar-refractivity contribution is 5.86. The first-order valence-electron chi connectivity index (χ1n) is 6.07. The molecule has 3 unspecified atom stereocenters. The van der Waals surface area contributed by atoms with Crippen LogP contribution in [-0.2, 0) is 4.74 Å². The van der Waals surface area contributed by atoms with E-state index in [1.165, 1.54) is 20.0 Å². The third-order valence-corrected chi connectivity index (χ3v) is 3.73. The molecule has 0 aromatic carbocycles. The summed E-state index contributed by atoms with van der Waals surface area (Å²) in [5.74, 6) is 1.53. The Morgan fingerprint density at radius 3 is 2.88 bits per heavy atom. The van der Waals surface area contributed by atoms with Crippen LogP contribution in [0.1, 0.15) is 48.5 Å². The van der Waals surface area contributed by atoms with Gasteiger partial charge < -0.3 is 14.9 Å². The number of ether oxygens (including phenoxy) is 1. The summed E-state index contributed by atoms with van der Waals surface area (Å²) < 4.78 is 10.1. The lowest BCUT2D eigenvalue weighted by Crippen LogP contribution is -2.22. The van der Waals surface area contributed by atoms with Gasteiger partial charge in [0, 0.05) is 0 Å². The minimum absolute atomic E-state index is 0.120. The molecule has 0 saturated heterocycles. The SMILES string of the molecule is COC(=O)c1ccc(C(N)C2CCCC2C)o1. The maximum Gasteiger partial charge on any atom is 0.373 e. The van der Waals surface area contributed by atoms with Gasteiger partial charge in [-0.05, 0) is 30.4 Å². The van der Waals surface area contributed by atoms with Crippen molar-refractivity contribution >= 4 is 5.97 Å². The van der Waals surface area contributed by atoms with E-state index in [4.69, 9.17) is 10.2 Å². The van der Waals surface area contributed by atoms with Crippen molar-refractivity contribution < 1.29 is 13.9 Å². The van der Waals surface area contributed by atoms with Crippen molar-refractivity contribution in [2.24, 2.45) is 17.6 Å².